The normalized spacial score (nSPS) is 16.8. The van der Waals surface area contributed by atoms with Gasteiger partial charge in [-0.1, -0.05) is 17.7 Å². The number of rotatable bonds is 5. The number of hydrogen-bond donors (Lipinski definition) is 0. The van der Waals surface area contributed by atoms with Gasteiger partial charge in [-0.2, -0.15) is 9.57 Å². The van der Waals surface area contributed by atoms with E-state index in [4.69, 9.17) is 0 Å². The number of nitrogens with zero attached hydrogens (tertiary/aromatic N) is 4. The number of benzene rings is 1. The molecule has 3 rings (SSSR count). The zero-order valence-corrected chi connectivity index (χ0v) is 18.5. The number of hydrogen-bond acceptors (Lipinski definition) is 6. The summed E-state index contributed by atoms with van der Waals surface area (Å²) in [5.41, 5.74) is 3.14. The van der Waals surface area contributed by atoms with E-state index in [0.29, 0.717) is 34.7 Å². The predicted molar refractivity (Wildman–Crippen MR) is 112 cm³/mol. The molecule has 1 aromatic carbocycles. The highest BCUT2D eigenvalue weighted by molar-refractivity contribution is 7.89. The van der Waals surface area contributed by atoms with Crippen LogP contribution in [0.5, 0.6) is 0 Å². The van der Waals surface area contributed by atoms with Crippen molar-refractivity contribution in [2.24, 2.45) is 5.92 Å². The summed E-state index contributed by atoms with van der Waals surface area (Å²) in [7, 11) is -3.62. The van der Waals surface area contributed by atoms with Crippen molar-refractivity contribution >= 4 is 15.8 Å². The van der Waals surface area contributed by atoms with Gasteiger partial charge in [-0.05, 0) is 58.2 Å². The Balaban J connectivity index is 1.74. The molecule has 1 saturated heterocycles. The molecule has 1 aliphatic heterocycles. The molecular weight excluding hydrogens is 400 g/mol. The van der Waals surface area contributed by atoms with Crippen LogP contribution in [0.4, 0.5) is 0 Å². The van der Waals surface area contributed by atoms with Crippen LogP contribution < -0.4 is 0 Å². The molecule has 0 radical (unpaired) electrons. The average molecular weight is 427 g/mol. The van der Waals surface area contributed by atoms with Crippen LogP contribution in [0.15, 0.2) is 29.2 Å². The Morgan fingerprint density at radius 1 is 1.10 bits per heavy atom. The van der Waals surface area contributed by atoms with Gasteiger partial charge in [0, 0.05) is 30.4 Å². The second-order valence-electron chi connectivity index (χ2n) is 7.92. The van der Waals surface area contributed by atoms with Gasteiger partial charge in [0.1, 0.15) is 0 Å². The van der Waals surface area contributed by atoms with Crippen molar-refractivity contribution in [3.8, 4) is 6.07 Å². The molecule has 8 heteroatoms. The van der Waals surface area contributed by atoms with Crippen molar-refractivity contribution in [1.29, 1.82) is 5.26 Å². The summed E-state index contributed by atoms with van der Waals surface area (Å²) in [6, 6.07) is 9.11. The lowest BCUT2D eigenvalue weighted by Gasteiger charge is -2.31. The Labute approximate surface area is 177 Å². The highest BCUT2D eigenvalue weighted by Crippen LogP contribution is 2.29. The number of sulfonamides is 1. The maximum absolute atomic E-state index is 13.1. The molecule has 0 N–H and O–H groups in total. The number of carbonyl (C=O) groups excluding carboxylic acids is 1. The minimum atomic E-state index is -3.62. The molecular formula is C22H26N4O3S. The van der Waals surface area contributed by atoms with Gasteiger partial charge < -0.3 is 0 Å². The van der Waals surface area contributed by atoms with Crippen LogP contribution in [-0.2, 0) is 14.8 Å². The minimum Gasteiger partial charge on any atom is -0.297 e. The van der Waals surface area contributed by atoms with Crippen LogP contribution >= 0.6 is 0 Å². The first-order chi connectivity index (χ1) is 14.1. The fraction of sp³-hybridized carbons (Fsp3) is 0.455. The van der Waals surface area contributed by atoms with Crippen LogP contribution in [0, 0.1) is 44.9 Å². The SMILES string of the molecule is Cc1ccc(S(=O)(=O)N2CCC(C(=O)C(C#N)c3nc(C)cc(C)n3)CC2)c(C)c1. The first-order valence-electron chi connectivity index (χ1n) is 9.96. The van der Waals surface area contributed by atoms with E-state index in [1.807, 2.05) is 19.1 Å². The fourth-order valence-electron chi connectivity index (χ4n) is 3.98. The van der Waals surface area contributed by atoms with Crippen molar-refractivity contribution in [3.05, 3.63) is 52.6 Å². The summed E-state index contributed by atoms with van der Waals surface area (Å²) in [5, 5.41) is 9.59. The van der Waals surface area contributed by atoms with Gasteiger partial charge in [0.15, 0.2) is 17.5 Å². The van der Waals surface area contributed by atoms with Crippen LogP contribution in [0.25, 0.3) is 0 Å². The van der Waals surface area contributed by atoms with Gasteiger partial charge in [0.2, 0.25) is 10.0 Å². The van der Waals surface area contributed by atoms with E-state index in [1.165, 1.54) is 4.31 Å². The molecule has 1 aliphatic rings. The van der Waals surface area contributed by atoms with Gasteiger partial charge in [-0.3, -0.25) is 4.79 Å². The third-order valence-electron chi connectivity index (χ3n) is 5.48. The zero-order chi connectivity index (χ0) is 22.1. The molecule has 1 unspecified atom stereocenters. The summed E-state index contributed by atoms with van der Waals surface area (Å²) >= 11 is 0. The largest absolute Gasteiger partial charge is 0.297 e. The smallest absolute Gasteiger partial charge is 0.243 e. The molecule has 2 heterocycles. The Morgan fingerprint density at radius 2 is 1.70 bits per heavy atom. The average Bonchev–Trinajstić information content (AvgIpc) is 2.67. The first kappa shape index (κ1) is 22.1. The van der Waals surface area contributed by atoms with E-state index in [0.717, 1.165) is 5.56 Å². The number of nitriles is 1. The monoisotopic (exact) mass is 426 g/mol. The lowest BCUT2D eigenvalue weighted by atomic mass is 9.86. The standard InChI is InChI=1S/C22H26N4O3S/c1-14-5-6-20(15(2)11-14)30(28,29)26-9-7-18(8-10-26)21(27)19(13-23)22-24-16(3)12-17(4)25-22/h5-6,11-12,18-19H,7-10H2,1-4H3. The molecule has 158 valence electrons. The summed E-state index contributed by atoms with van der Waals surface area (Å²) < 4.78 is 27.5. The molecule has 1 atom stereocenters. The van der Waals surface area contributed by atoms with Gasteiger partial charge in [-0.25, -0.2) is 18.4 Å². The Kier molecular flexibility index (Phi) is 6.34. The Morgan fingerprint density at radius 3 is 2.23 bits per heavy atom. The fourth-order valence-corrected chi connectivity index (χ4v) is 5.65. The van der Waals surface area contributed by atoms with Crippen molar-refractivity contribution in [2.45, 2.75) is 51.3 Å². The second kappa shape index (κ2) is 8.62. The highest BCUT2D eigenvalue weighted by atomic mass is 32.2. The van der Waals surface area contributed by atoms with E-state index in [1.54, 1.807) is 39.0 Å². The zero-order valence-electron chi connectivity index (χ0n) is 17.7. The van der Waals surface area contributed by atoms with E-state index < -0.39 is 15.9 Å². The van der Waals surface area contributed by atoms with E-state index in [9.17, 15) is 18.5 Å². The number of ketones is 1. The first-order valence-corrected chi connectivity index (χ1v) is 11.4. The third kappa shape index (κ3) is 4.42. The highest BCUT2D eigenvalue weighted by Gasteiger charge is 2.36. The van der Waals surface area contributed by atoms with Gasteiger partial charge >= 0.3 is 0 Å². The molecule has 1 aromatic heterocycles. The number of piperidine rings is 1. The molecule has 0 amide bonds. The van der Waals surface area contributed by atoms with E-state index in [2.05, 4.69) is 9.97 Å². The number of carbonyl (C=O) groups is 1. The number of Topliss-reactive ketones (excluding diaryl/α,β-unsaturated/α-hetero) is 1. The maximum atomic E-state index is 13.1. The number of aromatic nitrogens is 2. The van der Waals surface area contributed by atoms with Crippen LogP contribution in [0.2, 0.25) is 0 Å². The molecule has 30 heavy (non-hydrogen) atoms. The summed E-state index contributed by atoms with van der Waals surface area (Å²) in [4.78, 5) is 21.8. The molecule has 7 nitrogen and oxygen atoms in total. The summed E-state index contributed by atoms with van der Waals surface area (Å²) in [5.74, 6) is -1.42. The van der Waals surface area contributed by atoms with E-state index >= 15 is 0 Å². The van der Waals surface area contributed by atoms with Crippen molar-refractivity contribution < 1.29 is 13.2 Å². The third-order valence-corrected chi connectivity index (χ3v) is 7.53. The van der Waals surface area contributed by atoms with Crippen molar-refractivity contribution in [1.82, 2.24) is 14.3 Å². The van der Waals surface area contributed by atoms with Crippen molar-refractivity contribution in [2.75, 3.05) is 13.1 Å². The van der Waals surface area contributed by atoms with E-state index in [-0.39, 0.29) is 30.6 Å². The second-order valence-corrected chi connectivity index (χ2v) is 9.83. The van der Waals surface area contributed by atoms with Gasteiger partial charge in [-0.15, -0.1) is 0 Å². The maximum Gasteiger partial charge on any atom is 0.243 e. The minimum absolute atomic E-state index is 0.227. The molecule has 0 bridgehead atoms. The summed E-state index contributed by atoms with van der Waals surface area (Å²) in [6.45, 7) is 7.81. The van der Waals surface area contributed by atoms with Gasteiger partial charge in [0.25, 0.3) is 0 Å². The molecule has 1 fully saturated rings. The summed E-state index contributed by atoms with van der Waals surface area (Å²) in [6.07, 6.45) is 0.762. The molecule has 0 saturated carbocycles. The molecule has 0 spiro atoms. The van der Waals surface area contributed by atoms with Crippen LogP contribution in [0.3, 0.4) is 0 Å². The lowest BCUT2D eigenvalue weighted by molar-refractivity contribution is -0.124. The molecule has 2 aromatic rings. The predicted octanol–water partition coefficient (Wildman–Crippen LogP) is 2.99. The lowest BCUT2D eigenvalue weighted by Crippen LogP contribution is -2.41. The molecule has 0 aliphatic carbocycles. The van der Waals surface area contributed by atoms with Crippen LogP contribution in [0.1, 0.15) is 47.1 Å². The number of aryl methyl sites for hydroxylation is 4. The Bertz CT molecular complexity index is 1090. The quantitative estimate of drug-likeness (QED) is 0.728. The van der Waals surface area contributed by atoms with Crippen LogP contribution in [-0.4, -0.2) is 41.6 Å². The van der Waals surface area contributed by atoms with Gasteiger partial charge in [0.05, 0.1) is 11.0 Å². The Hall–Kier alpha value is -2.63. The van der Waals surface area contributed by atoms with Crippen molar-refractivity contribution in [3.63, 3.8) is 0 Å². The topological polar surface area (TPSA) is 104 Å².